The van der Waals surface area contributed by atoms with Gasteiger partial charge in [0.05, 0.1) is 0 Å². The Balaban J connectivity index is 1.88. The van der Waals surface area contributed by atoms with Crippen molar-refractivity contribution in [3.63, 3.8) is 0 Å². The lowest BCUT2D eigenvalue weighted by molar-refractivity contribution is -0.148. The molecular weight excluding hydrogens is 372 g/mol. The van der Waals surface area contributed by atoms with Crippen LogP contribution in [0.3, 0.4) is 0 Å². The van der Waals surface area contributed by atoms with Crippen LogP contribution in [0, 0.1) is 0 Å². The summed E-state index contributed by atoms with van der Waals surface area (Å²) in [6.07, 6.45) is 10.6. The number of ether oxygens (including phenoxy) is 1. The van der Waals surface area contributed by atoms with Crippen LogP contribution in [0.15, 0.2) is 60.2 Å². The van der Waals surface area contributed by atoms with E-state index >= 15 is 0 Å². The molecule has 3 heteroatoms. The molecule has 1 aliphatic carbocycles. The first-order valence-corrected chi connectivity index (χ1v) is 10.8. The summed E-state index contributed by atoms with van der Waals surface area (Å²) in [5.41, 5.74) is 5.55. The summed E-state index contributed by atoms with van der Waals surface area (Å²) in [4.78, 5) is 11.9. The van der Waals surface area contributed by atoms with Crippen LogP contribution in [0.1, 0.15) is 76.0 Å². The fourth-order valence-electron chi connectivity index (χ4n) is 3.87. The number of rotatable bonds is 4. The Morgan fingerprint density at radius 1 is 0.867 bits per heavy atom. The number of esters is 1. The van der Waals surface area contributed by atoms with Gasteiger partial charge in [0.1, 0.15) is 11.4 Å². The Labute approximate surface area is 180 Å². The second kappa shape index (κ2) is 9.80. The Morgan fingerprint density at radius 3 is 1.93 bits per heavy atom. The molecule has 1 aliphatic rings. The average molecular weight is 405 g/mol. The van der Waals surface area contributed by atoms with Crippen LogP contribution < -0.4 is 0 Å². The normalized spacial score (nSPS) is 15.1. The number of hydrogen-bond donors (Lipinski definition) is 1. The van der Waals surface area contributed by atoms with Gasteiger partial charge in [0, 0.05) is 6.08 Å². The first kappa shape index (κ1) is 21.9. The Morgan fingerprint density at radius 2 is 1.40 bits per heavy atom. The monoisotopic (exact) mass is 404 g/mol. The van der Waals surface area contributed by atoms with Crippen molar-refractivity contribution < 1.29 is 14.6 Å². The summed E-state index contributed by atoms with van der Waals surface area (Å²) in [6.45, 7) is 5.58. The summed E-state index contributed by atoms with van der Waals surface area (Å²) in [6, 6.07) is 15.8. The van der Waals surface area contributed by atoms with E-state index in [2.05, 4.69) is 12.1 Å². The van der Waals surface area contributed by atoms with Gasteiger partial charge in [-0.2, -0.15) is 0 Å². The predicted molar refractivity (Wildman–Crippen MR) is 123 cm³/mol. The molecule has 2 aromatic rings. The second-order valence-corrected chi connectivity index (χ2v) is 8.93. The lowest BCUT2D eigenvalue weighted by Crippen LogP contribution is -2.22. The Bertz CT molecular complexity index is 900. The van der Waals surface area contributed by atoms with Crippen molar-refractivity contribution in [1.82, 2.24) is 0 Å². The molecule has 1 fully saturated rings. The second-order valence-electron chi connectivity index (χ2n) is 8.93. The minimum atomic E-state index is -0.491. The van der Waals surface area contributed by atoms with Crippen LogP contribution in [0.2, 0.25) is 0 Å². The molecule has 0 spiro atoms. The van der Waals surface area contributed by atoms with Gasteiger partial charge in [-0.05, 0) is 86.9 Å². The van der Waals surface area contributed by atoms with Gasteiger partial charge < -0.3 is 9.84 Å². The highest BCUT2D eigenvalue weighted by atomic mass is 16.6. The number of allylic oxidation sites excluding steroid dienone is 1. The van der Waals surface area contributed by atoms with Crippen molar-refractivity contribution in [2.24, 2.45) is 0 Å². The first-order chi connectivity index (χ1) is 14.3. The Kier molecular flexibility index (Phi) is 7.15. The third-order valence-electron chi connectivity index (χ3n) is 5.23. The molecule has 3 rings (SSSR count). The number of phenols is 1. The van der Waals surface area contributed by atoms with Crippen molar-refractivity contribution in [2.75, 3.05) is 0 Å². The topological polar surface area (TPSA) is 46.5 Å². The van der Waals surface area contributed by atoms with Gasteiger partial charge in [-0.3, -0.25) is 0 Å². The standard InChI is InChI=1S/C27H32O3/c1-27(2,3)30-25(29)19-12-20-10-13-22(14-11-20)26(21-8-6-4-5-7-9-21)23-15-17-24(28)18-16-23/h10-19,28H,4-9H2,1-3H3. The van der Waals surface area contributed by atoms with Gasteiger partial charge in [-0.15, -0.1) is 0 Å². The van der Waals surface area contributed by atoms with E-state index in [1.807, 2.05) is 45.0 Å². The van der Waals surface area contributed by atoms with E-state index in [-0.39, 0.29) is 11.7 Å². The van der Waals surface area contributed by atoms with Crippen LogP contribution in [-0.4, -0.2) is 16.7 Å². The maximum atomic E-state index is 11.9. The minimum Gasteiger partial charge on any atom is -0.508 e. The molecule has 1 saturated carbocycles. The smallest absolute Gasteiger partial charge is 0.331 e. The summed E-state index contributed by atoms with van der Waals surface area (Å²) in [7, 11) is 0. The first-order valence-electron chi connectivity index (χ1n) is 10.8. The number of carbonyl (C=O) groups excluding carboxylic acids is 1. The Hall–Kier alpha value is -2.81. The summed E-state index contributed by atoms with van der Waals surface area (Å²) < 4.78 is 5.33. The summed E-state index contributed by atoms with van der Waals surface area (Å²) in [5.74, 6) is -0.0523. The van der Waals surface area contributed by atoms with E-state index in [9.17, 15) is 9.90 Å². The van der Waals surface area contributed by atoms with Gasteiger partial charge in [-0.1, -0.05) is 54.8 Å². The van der Waals surface area contributed by atoms with Crippen LogP contribution in [0.25, 0.3) is 11.6 Å². The molecule has 0 radical (unpaired) electrons. The maximum Gasteiger partial charge on any atom is 0.331 e. The van der Waals surface area contributed by atoms with Crippen LogP contribution in [-0.2, 0) is 9.53 Å². The molecule has 0 atom stereocenters. The van der Waals surface area contributed by atoms with E-state index in [0.717, 1.165) is 24.0 Å². The van der Waals surface area contributed by atoms with Crippen LogP contribution in [0.4, 0.5) is 0 Å². The lowest BCUT2D eigenvalue weighted by Gasteiger charge is -2.18. The number of benzene rings is 2. The third kappa shape index (κ3) is 6.35. The lowest BCUT2D eigenvalue weighted by atomic mass is 9.89. The summed E-state index contributed by atoms with van der Waals surface area (Å²) in [5, 5.41) is 9.71. The average Bonchev–Trinajstić information content (AvgIpc) is 2.97. The molecule has 0 heterocycles. The van der Waals surface area contributed by atoms with Gasteiger partial charge in [0.2, 0.25) is 0 Å². The maximum absolute atomic E-state index is 11.9. The fraction of sp³-hybridized carbons (Fsp3) is 0.370. The highest BCUT2D eigenvalue weighted by Crippen LogP contribution is 2.35. The predicted octanol–water partition coefficient (Wildman–Crippen LogP) is 6.90. The molecule has 0 saturated heterocycles. The number of aromatic hydroxyl groups is 1. The number of carbonyl (C=O) groups is 1. The molecule has 3 nitrogen and oxygen atoms in total. The zero-order valence-electron chi connectivity index (χ0n) is 18.3. The number of phenolic OH excluding ortho intramolecular Hbond substituents is 1. The molecule has 0 aromatic heterocycles. The van der Waals surface area contributed by atoms with Gasteiger partial charge in [-0.25, -0.2) is 4.79 Å². The van der Waals surface area contributed by atoms with Crippen molar-refractivity contribution in [3.05, 3.63) is 76.9 Å². The van der Waals surface area contributed by atoms with Crippen LogP contribution >= 0.6 is 0 Å². The molecule has 158 valence electrons. The molecule has 0 aliphatic heterocycles. The van der Waals surface area contributed by atoms with Gasteiger partial charge in [0.15, 0.2) is 0 Å². The minimum absolute atomic E-state index is 0.284. The van der Waals surface area contributed by atoms with E-state index < -0.39 is 5.60 Å². The van der Waals surface area contributed by atoms with E-state index in [1.165, 1.54) is 48.5 Å². The summed E-state index contributed by atoms with van der Waals surface area (Å²) >= 11 is 0. The fourth-order valence-corrected chi connectivity index (χ4v) is 3.87. The highest BCUT2D eigenvalue weighted by molar-refractivity contribution is 5.88. The molecule has 2 aromatic carbocycles. The van der Waals surface area contributed by atoms with Gasteiger partial charge in [0.25, 0.3) is 0 Å². The molecule has 0 amide bonds. The van der Waals surface area contributed by atoms with Crippen molar-refractivity contribution >= 4 is 17.6 Å². The van der Waals surface area contributed by atoms with E-state index in [0.29, 0.717) is 0 Å². The van der Waals surface area contributed by atoms with Crippen LogP contribution in [0.5, 0.6) is 5.75 Å². The SMILES string of the molecule is CC(C)(C)OC(=O)C=Cc1ccc(C(=C2CCCCCC2)c2ccc(O)cc2)cc1. The molecular formula is C27H32O3. The van der Waals surface area contributed by atoms with Gasteiger partial charge >= 0.3 is 5.97 Å². The molecule has 1 N–H and O–H groups in total. The van der Waals surface area contributed by atoms with E-state index in [1.54, 1.807) is 18.2 Å². The third-order valence-corrected chi connectivity index (χ3v) is 5.23. The van der Waals surface area contributed by atoms with Crippen molar-refractivity contribution in [1.29, 1.82) is 0 Å². The number of hydrogen-bond acceptors (Lipinski definition) is 3. The highest BCUT2D eigenvalue weighted by Gasteiger charge is 2.15. The largest absolute Gasteiger partial charge is 0.508 e. The molecule has 30 heavy (non-hydrogen) atoms. The van der Waals surface area contributed by atoms with E-state index in [4.69, 9.17) is 4.74 Å². The zero-order chi connectivity index (χ0) is 21.6. The quantitative estimate of drug-likeness (QED) is 0.342. The zero-order valence-corrected chi connectivity index (χ0v) is 18.3. The van der Waals surface area contributed by atoms with Crippen molar-refractivity contribution in [3.8, 4) is 5.75 Å². The molecule has 0 bridgehead atoms. The van der Waals surface area contributed by atoms with Crippen molar-refractivity contribution in [2.45, 2.75) is 64.9 Å². The molecule has 0 unspecified atom stereocenters.